The predicted octanol–water partition coefficient (Wildman–Crippen LogP) is 2.49. The van der Waals surface area contributed by atoms with Crippen LogP contribution in [-0.2, 0) is 0 Å². The van der Waals surface area contributed by atoms with Gasteiger partial charge in [-0.2, -0.15) is 5.10 Å². The first-order chi connectivity index (χ1) is 10.1. The molecule has 0 aliphatic carbocycles. The monoisotopic (exact) mass is 284 g/mol. The van der Waals surface area contributed by atoms with E-state index in [1.165, 1.54) is 5.56 Å². The molecule has 2 aromatic heterocycles. The topological polar surface area (TPSA) is 51.0 Å². The third-order valence-electron chi connectivity index (χ3n) is 4.01. The van der Waals surface area contributed by atoms with Gasteiger partial charge in [0.15, 0.2) is 0 Å². The van der Waals surface area contributed by atoms with Crippen LogP contribution >= 0.6 is 0 Å². The summed E-state index contributed by atoms with van der Waals surface area (Å²) in [6.07, 6.45) is 6.49. The van der Waals surface area contributed by atoms with Gasteiger partial charge in [0.1, 0.15) is 5.69 Å². The van der Waals surface area contributed by atoms with Crippen LogP contribution in [0.25, 0.3) is 0 Å². The van der Waals surface area contributed by atoms with E-state index in [4.69, 9.17) is 0 Å². The molecule has 1 amide bonds. The molecule has 0 aromatic carbocycles. The summed E-state index contributed by atoms with van der Waals surface area (Å²) in [6, 6.07) is 6.15. The molecule has 1 aliphatic heterocycles. The fourth-order valence-corrected chi connectivity index (χ4v) is 2.75. The van der Waals surface area contributed by atoms with Gasteiger partial charge in [0.25, 0.3) is 5.91 Å². The van der Waals surface area contributed by atoms with Crippen LogP contribution in [0.4, 0.5) is 0 Å². The number of carbonyl (C=O) groups is 1. The molecule has 0 N–H and O–H groups in total. The zero-order chi connectivity index (χ0) is 14.8. The van der Waals surface area contributed by atoms with Gasteiger partial charge in [0.05, 0.1) is 0 Å². The lowest BCUT2D eigenvalue weighted by Gasteiger charge is -2.15. The number of hydrogen-bond acceptors (Lipinski definition) is 3. The van der Waals surface area contributed by atoms with Crippen LogP contribution < -0.4 is 0 Å². The van der Waals surface area contributed by atoms with E-state index in [-0.39, 0.29) is 11.9 Å². The number of aromatic nitrogens is 3. The van der Waals surface area contributed by atoms with Gasteiger partial charge in [0, 0.05) is 43.6 Å². The SMILES string of the molecule is CC(C)n1ccc(C(=O)N2CCC(c3ccncc3)C2)n1. The lowest BCUT2D eigenvalue weighted by molar-refractivity contribution is 0.0784. The summed E-state index contributed by atoms with van der Waals surface area (Å²) in [5, 5.41) is 4.37. The van der Waals surface area contributed by atoms with Gasteiger partial charge in [-0.1, -0.05) is 0 Å². The lowest BCUT2D eigenvalue weighted by atomic mass is 10.00. The van der Waals surface area contributed by atoms with Gasteiger partial charge in [-0.25, -0.2) is 0 Å². The number of nitrogens with zero attached hydrogens (tertiary/aromatic N) is 4. The van der Waals surface area contributed by atoms with Crippen molar-refractivity contribution < 1.29 is 4.79 Å². The third kappa shape index (κ3) is 2.82. The van der Waals surface area contributed by atoms with Crippen molar-refractivity contribution in [3.05, 3.63) is 48.0 Å². The number of hydrogen-bond donors (Lipinski definition) is 0. The third-order valence-corrected chi connectivity index (χ3v) is 4.01. The van der Waals surface area contributed by atoms with Crippen LogP contribution in [0, 0.1) is 0 Å². The van der Waals surface area contributed by atoms with Gasteiger partial charge in [-0.15, -0.1) is 0 Å². The Morgan fingerprint density at radius 1 is 1.29 bits per heavy atom. The fourth-order valence-electron chi connectivity index (χ4n) is 2.75. The van der Waals surface area contributed by atoms with Crippen LogP contribution in [0.15, 0.2) is 36.8 Å². The molecule has 2 aromatic rings. The van der Waals surface area contributed by atoms with Crippen molar-refractivity contribution in [1.29, 1.82) is 0 Å². The van der Waals surface area contributed by atoms with E-state index in [1.54, 1.807) is 0 Å². The summed E-state index contributed by atoms with van der Waals surface area (Å²) < 4.78 is 1.82. The van der Waals surface area contributed by atoms with E-state index in [1.807, 2.05) is 46.4 Å². The molecular formula is C16H20N4O. The predicted molar refractivity (Wildman–Crippen MR) is 80.1 cm³/mol. The number of likely N-dealkylation sites (tertiary alicyclic amines) is 1. The van der Waals surface area contributed by atoms with Crippen molar-refractivity contribution in [2.75, 3.05) is 13.1 Å². The van der Waals surface area contributed by atoms with Crippen LogP contribution in [-0.4, -0.2) is 38.7 Å². The Morgan fingerprint density at radius 3 is 2.71 bits per heavy atom. The molecule has 1 atom stereocenters. The highest BCUT2D eigenvalue weighted by atomic mass is 16.2. The molecule has 110 valence electrons. The second-order valence-corrected chi connectivity index (χ2v) is 5.79. The summed E-state index contributed by atoms with van der Waals surface area (Å²) in [5.41, 5.74) is 1.80. The maximum atomic E-state index is 12.5. The molecule has 0 radical (unpaired) electrons. The highest BCUT2D eigenvalue weighted by molar-refractivity contribution is 5.92. The van der Waals surface area contributed by atoms with Gasteiger partial charge < -0.3 is 4.90 Å². The second-order valence-electron chi connectivity index (χ2n) is 5.79. The van der Waals surface area contributed by atoms with Crippen LogP contribution in [0.5, 0.6) is 0 Å². The van der Waals surface area contributed by atoms with Crippen molar-refractivity contribution in [3.63, 3.8) is 0 Å². The van der Waals surface area contributed by atoms with E-state index < -0.39 is 0 Å². The molecule has 0 saturated carbocycles. The number of amides is 1. The zero-order valence-electron chi connectivity index (χ0n) is 12.4. The van der Waals surface area contributed by atoms with Crippen molar-refractivity contribution in [2.45, 2.75) is 32.2 Å². The zero-order valence-corrected chi connectivity index (χ0v) is 12.4. The van der Waals surface area contributed by atoms with Crippen molar-refractivity contribution in [3.8, 4) is 0 Å². The molecule has 3 heterocycles. The first-order valence-corrected chi connectivity index (χ1v) is 7.39. The number of carbonyl (C=O) groups excluding carboxylic acids is 1. The van der Waals surface area contributed by atoms with Gasteiger partial charge in [-0.3, -0.25) is 14.5 Å². The minimum atomic E-state index is 0.0333. The normalized spacial score (nSPS) is 18.4. The Balaban J connectivity index is 1.69. The van der Waals surface area contributed by atoms with E-state index in [9.17, 15) is 4.79 Å². The summed E-state index contributed by atoms with van der Waals surface area (Å²) in [4.78, 5) is 18.4. The van der Waals surface area contributed by atoms with Crippen molar-refractivity contribution in [2.24, 2.45) is 0 Å². The van der Waals surface area contributed by atoms with Crippen molar-refractivity contribution in [1.82, 2.24) is 19.7 Å². The van der Waals surface area contributed by atoms with E-state index in [2.05, 4.69) is 23.9 Å². The second kappa shape index (κ2) is 5.68. The Kier molecular flexibility index (Phi) is 3.73. The highest BCUT2D eigenvalue weighted by Crippen LogP contribution is 2.27. The number of pyridine rings is 1. The highest BCUT2D eigenvalue weighted by Gasteiger charge is 2.29. The first kappa shape index (κ1) is 13.8. The molecular weight excluding hydrogens is 264 g/mol. The van der Waals surface area contributed by atoms with Gasteiger partial charge in [-0.05, 0) is 44.0 Å². The maximum absolute atomic E-state index is 12.5. The molecule has 1 aliphatic rings. The van der Waals surface area contributed by atoms with E-state index in [0.29, 0.717) is 11.6 Å². The first-order valence-electron chi connectivity index (χ1n) is 7.39. The average Bonchev–Trinajstić information content (AvgIpc) is 3.17. The van der Waals surface area contributed by atoms with E-state index >= 15 is 0 Å². The van der Waals surface area contributed by atoms with E-state index in [0.717, 1.165) is 19.5 Å². The van der Waals surface area contributed by atoms with Gasteiger partial charge in [0.2, 0.25) is 0 Å². The Hall–Kier alpha value is -2.17. The van der Waals surface area contributed by atoms with Crippen LogP contribution in [0.3, 0.4) is 0 Å². The Morgan fingerprint density at radius 2 is 2.05 bits per heavy atom. The standard InChI is InChI=1S/C16H20N4O/c1-12(2)20-10-6-15(18-20)16(21)19-9-5-14(11-19)13-3-7-17-8-4-13/h3-4,6-8,10,12,14H,5,9,11H2,1-2H3. The minimum absolute atomic E-state index is 0.0333. The summed E-state index contributed by atoms with van der Waals surface area (Å²) >= 11 is 0. The molecule has 1 fully saturated rings. The minimum Gasteiger partial charge on any atom is -0.337 e. The molecule has 3 rings (SSSR count). The molecule has 1 unspecified atom stereocenters. The Labute approximate surface area is 124 Å². The van der Waals surface area contributed by atoms with Crippen LogP contribution in [0.1, 0.15) is 48.3 Å². The smallest absolute Gasteiger partial charge is 0.274 e. The number of rotatable bonds is 3. The summed E-state index contributed by atoms with van der Waals surface area (Å²) in [5.74, 6) is 0.440. The summed E-state index contributed by atoms with van der Waals surface area (Å²) in [7, 11) is 0. The van der Waals surface area contributed by atoms with Crippen molar-refractivity contribution >= 4 is 5.91 Å². The lowest BCUT2D eigenvalue weighted by Crippen LogP contribution is -2.29. The van der Waals surface area contributed by atoms with Gasteiger partial charge >= 0.3 is 0 Å². The Bertz CT molecular complexity index is 620. The molecule has 5 nitrogen and oxygen atoms in total. The molecule has 5 heteroatoms. The largest absolute Gasteiger partial charge is 0.337 e. The molecule has 0 spiro atoms. The molecule has 0 bridgehead atoms. The summed E-state index contributed by atoms with van der Waals surface area (Å²) in [6.45, 7) is 5.66. The maximum Gasteiger partial charge on any atom is 0.274 e. The fraction of sp³-hybridized carbons (Fsp3) is 0.438. The average molecular weight is 284 g/mol. The molecule has 21 heavy (non-hydrogen) atoms. The molecule has 1 saturated heterocycles. The van der Waals surface area contributed by atoms with Crippen LogP contribution in [0.2, 0.25) is 0 Å². The quantitative estimate of drug-likeness (QED) is 0.870.